The van der Waals surface area contributed by atoms with Crippen LogP contribution in [0.4, 0.5) is 11.4 Å². The van der Waals surface area contributed by atoms with Crippen LogP contribution in [0.25, 0.3) is 6.08 Å². The summed E-state index contributed by atoms with van der Waals surface area (Å²) in [6.45, 7) is 0. The smallest absolute Gasteiger partial charge is 0.370 e. The van der Waals surface area contributed by atoms with Crippen LogP contribution in [0, 0.1) is 0 Å². The Morgan fingerprint density at radius 3 is 1.46 bits per heavy atom. The van der Waals surface area contributed by atoms with Crippen LogP contribution in [0.2, 0.25) is 0 Å². The van der Waals surface area contributed by atoms with Crippen molar-refractivity contribution in [2.24, 2.45) is 0 Å². The summed E-state index contributed by atoms with van der Waals surface area (Å²) in [5.41, 5.74) is 3.49. The highest BCUT2D eigenvalue weighted by molar-refractivity contribution is 5.89. The number of carbonyl (C=O) groups excluding carboxylic acids is 1. The standard InChI is InChI=1S/C11H13NO3.C9H11NO/c1-12(2)9-5-3-8(4-6-9)7-10(13)11(14)15;1-10(2)9-5-3-8(7-11)4-6-9/h3-7,13H,1-2H3,(H,14,15);3-7H,1-2H3/b10-7-;. The lowest BCUT2D eigenvalue weighted by atomic mass is 10.2. The zero-order chi connectivity index (χ0) is 19.7. The van der Waals surface area contributed by atoms with Gasteiger partial charge in [0.05, 0.1) is 0 Å². The van der Waals surface area contributed by atoms with Crippen molar-refractivity contribution in [2.75, 3.05) is 38.0 Å². The summed E-state index contributed by atoms with van der Waals surface area (Å²) in [5.74, 6) is -1.99. The van der Waals surface area contributed by atoms with Crippen molar-refractivity contribution < 1.29 is 19.8 Å². The van der Waals surface area contributed by atoms with Crippen LogP contribution < -0.4 is 9.80 Å². The van der Waals surface area contributed by atoms with Gasteiger partial charge in [0.2, 0.25) is 5.76 Å². The Morgan fingerprint density at radius 1 is 0.769 bits per heavy atom. The summed E-state index contributed by atoms with van der Waals surface area (Å²) in [7, 11) is 7.77. The van der Waals surface area contributed by atoms with Crippen LogP contribution in [0.1, 0.15) is 15.9 Å². The van der Waals surface area contributed by atoms with Crippen molar-refractivity contribution in [1.29, 1.82) is 0 Å². The second-order valence-corrected chi connectivity index (χ2v) is 5.92. The van der Waals surface area contributed by atoms with Gasteiger partial charge in [0.25, 0.3) is 0 Å². The van der Waals surface area contributed by atoms with Crippen LogP contribution in [0.15, 0.2) is 54.3 Å². The molecule has 0 amide bonds. The van der Waals surface area contributed by atoms with E-state index in [1.165, 1.54) is 6.08 Å². The number of anilines is 2. The number of aldehydes is 1. The second-order valence-electron chi connectivity index (χ2n) is 5.92. The number of carboxylic acid groups (broad SMARTS) is 1. The maximum absolute atomic E-state index is 10.4. The van der Waals surface area contributed by atoms with Gasteiger partial charge in [-0.3, -0.25) is 4.79 Å². The van der Waals surface area contributed by atoms with E-state index in [1.807, 2.05) is 74.4 Å². The number of aliphatic hydroxyl groups is 1. The van der Waals surface area contributed by atoms with Crippen molar-refractivity contribution in [1.82, 2.24) is 0 Å². The van der Waals surface area contributed by atoms with E-state index < -0.39 is 11.7 Å². The molecule has 0 aliphatic heterocycles. The number of benzene rings is 2. The number of aliphatic hydroxyl groups excluding tert-OH is 1. The zero-order valence-corrected chi connectivity index (χ0v) is 15.4. The van der Waals surface area contributed by atoms with Gasteiger partial charge >= 0.3 is 5.97 Å². The average Bonchev–Trinajstić information content (AvgIpc) is 2.62. The van der Waals surface area contributed by atoms with Gasteiger partial charge < -0.3 is 20.0 Å². The molecule has 2 N–H and O–H groups in total. The summed E-state index contributed by atoms with van der Waals surface area (Å²) >= 11 is 0. The zero-order valence-electron chi connectivity index (χ0n) is 15.4. The Hall–Kier alpha value is -3.28. The molecular weight excluding hydrogens is 332 g/mol. The number of hydrogen-bond donors (Lipinski definition) is 2. The predicted octanol–water partition coefficient (Wildman–Crippen LogP) is 3.30. The predicted molar refractivity (Wildman–Crippen MR) is 105 cm³/mol. The molecule has 6 heteroatoms. The Morgan fingerprint density at radius 2 is 1.15 bits per heavy atom. The van der Waals surface area contributed by atoms with E-state index in [-0.39, 0.29) is 0 Å². The molecule has 0 fully saturated rings. The van der Waals surface area contributed by atoms with E-state index in [9.17, 15) is 9.59 Å². The first-order chi connectivity index (χ1) is 12.2. The molecule has 2 rings (SSSR count). The van der Waals surface area contributed by atoms with Crippen LogP contribution in [-0.2, 0) is 4.79 Å². The molecule has 138 valence electrons. The first kappa shape index (κ1) is 20.8. The molecular formula is C20H24N2O4. The SMILES string of the molecule is CN(C)c1ccc(/C=C(\O)C(=O)O)cc1.CN(C)c1ccc(C=O)cc1. The van der Waals surface area contributed by atoms with Crippen molar-refractivity contribution in [2.45, 2.75) is 0 Å². The molecule has 0 radical (unpaired) electrons. The van der Waals surface area contributed by atoms with Gasteiger partial charge in [-0.1, -0.05) is 12.1 Å². The Bertz CT molecular complexity index is 748. The quantitative estimate of drug-likeness (QED) is 0.486. The van der Waals surface area contributed by atoms with Gasteiger partial charge in [-0.05, 0) is 48.0 Å². The molecule has 26 heavy (non-hydrogen) atoms. The van der Waals surface area contributed by atoms with Crippen LogP contribution in [0.5, 0.6) is 0 Å². The number of aliphatic carboxylic acids is 1. The summed E-state index contributed by atoms with van der Waals surface area (Å²) < 4.78 is 0. The lowest BCUT2D eigenvalue weighted by Gasteiger charge is -2.11. The van der Waals surface area contributed by atoms with Gasteiger partial charge in [-0.2, -0.15) is 0 Å². The van der Waals surface area contributed by atoms with Gasteiger partial charge in [0.1, 0.15) is 6.29 Å². The largest absolute Gasteiger partial charge is 0.502 e. The first-order valence-corrected chi connectivity index (χ1v) is 7.88. The minimum Gasteiger partial charge on any atom is -0.502 e. The van der Waals surface area contributed by atoms with E-state index in [4.69, 9.17) is 10.2 Å². The van der Waals surface area contributed by atoms with Gasteiger partial charge in [0, 0.05) is 45.1 Å². The minimum absolute atomic E-state index is 0.653. The van der Waals surface area contributed by atoms with Crippen molar-refractivity contribution >= 4 is 29.7 Å². The summed E-state index contributed by atoms with van der Waals surface area (Å²) in [6, 6.07) is 14.6. The first-order valence-electron chi connectivity index (χ1n) is 7.88. The summed E-state index contributed by atoms with van der Waals surface area (Å²) in [5, 5.41) is 17.5. The topological polar surface area (TPSA) is 81.1 Å². The Labute approximate surface area is 153 Å². The monoisotopic (exact) mass is 356 g/mol. The minimum atomic E-state index is -1.33. The lowest BCUT2D eigenvalue weighted by Crippen LogP contribution is -2.08. The third-order valence-corrected chi connectivity index (χ3v) is 3.48. The second kappa shape index (κ2) is 9.88. The molecule has 0 atom stereocenters. The maximum atomic E-state index is 10.4. The molecule has 2 aromatic rings. The maximum Gasteiger partial charge on any atom is 0.370 e. The molecule has 0 unspecified atom stereocenters. The van der Waals surface area contributed by atoms with E-state index in [0.717, 1.165) is 23.2 Å². The van der Waals surface area contributed by atoms with E-state index >= 15 is 0 Å². The van der Waals surface area contributed by atoms with E-state index in [2.05, 4.69) is 0 Å². The molecule has 2 aromatic carbocycles. The Balaban J connectivity index is 0.000000273. The molecule has 0 heterocycles. The molecule has 0 saturated heterocycles. The van der Waals surface area contributed by atoms with Crippen LogP contribution >= 0.6 is 0 Å². The van der Waals surface area contributed by atoms with Gasteiger partial charge in [0.15, 0.2) is 0 Å². The number of rotatable bonds is 5. The van der Waals surface area contributed by atoms with Gasteiger partial charge in [-0.15, -0.1) is 0 Å². The molecule has 0 saturated carbocycles. The van der Waals surface area contributed by atoms with E-state index in [1.54, 1.807) is 12.1 Å². The average molecular weight is 356 g/mol. The van der Waals surface area contributed by atoms with E-state index in [0.29, 0.717) is 5.56 Å². The fraction of sp³-hybridized carbons (Fsp3) is 0.200. The fourth-order valence-electron chi connectivity index (χ4n) is 1.94. The van der Waals surface area contributed by atoms with Crippen LogP contribution in [0.3, 0.4) is 0 Å². The molecule has 0 aliphatic rings. The molecule has 0 bridgehead atoms. The normalized spacial score (nSPS) is 10.4. The third kappa shape index (κ3) is 6.68. The lowest BCUT2D eigenvalue weighted by molar-refractivity contribution is -0.135. The number of carboxylic acids is 1. The molecule has 0 aromatic heterocycles. The van der Waals surface area contributed by atoms with Crippen molar-refractivity contribution in [3.8, 4) is 0 Å². The number of nitrogens with zero attached hydrogens (tertiary/aromatic N) is 2. The molecule has 0 spiro atoms. The molecule has 6 nitrogen and oxygen atoms in total. The highest BCUT2D eigenvalue weighted by Gasteiger charge is 2.03. The van der Waals surface area contributed by atoms with Crippen LogP contribution in [-0.4, -0.2) is 50.7 Å². The number of hydrogen-bond acceptors (Lipinski definition) is 5. The highest BCUT2D eigenvalue weighted by atomic mass is 16.4. The third-order valence-electron chi connectivity index (χ3n) is 3.48. The summed E-state index contributed by atoms with van der Waals surface area (Å²) in [4.78, 5) is 24.6. The van der Waals surface area contributed by atoms with Crippen molar-refractivity contribution in [3.63, 3.8) is 0 Å². The highest BCUT2D eigenvalue weighted by Crippen LogP contribution is 2.14. The fourth-order valence-corrected chi connectivity index (χ4v) is 1.94. The summed E-state index contributed by atoms with van der Waals surface area (Å²) in [6.07, 6.45) is 2.06. The molecule has 0 aliphatic carbocycles. The van der Waals surface area contributed by atoms with Gasteiger partial charge in [-0.25, -0.2) is 4.79 Å². The number of carbonyl (C=O) groups is 2. The Kier molecular flexibility index (Phi) is 7.89. The van der Waals surface area contributed by atoms with Crippen molar-refractivity contribution in [3.05, 3.63) is 65.4 Å².